The Balaban J connectivity index is 1.05. The molecule has 4 rings (SSSR count). The minimum atomic E-state index is -1.01. The topological polar surface area (TPSA) is 150 Å². The molecule has 1 atom stereocenters. The van der Waals surface area contributed by atoms with Gasteiger partial charge in [0.25, 0.3) is 11.8 Å². The Hall–Kier alpha value is -3.55. The molecule has 1 N–H and O–H groups in total. The summed E-state index contributed by atoms with van der Waals surface area (Å²) in [6.07, 6.45) is 1.49. The summed E-state index contributed by atoms with van der Waals surface area (Å²) < 4.78 is 28.0. The van der Waals surface area contributed by atoms with Crippen LogP contribution in [0.5, 0.6) is 5.75 Å². The smallest absolute Gasteiger partial charge is 0.410 e. The largest absolute Gasteiger partial charge is 0.491 e. The van der Waals surface area contributed by atoms with Gasteiger partial charge in [0, 0.05) is 19.5 Å². The van der Waals surface area contributed by atoms with E-state index in [1.54, 1.807) is 11.0 Å². The van der Waals surface area contributed by atoms with Gasteiger partial charge in [-0.05, 0) is 58.2 Å². The number of carbonyl (C=O) groups is 5. The maximum Gasteiger partial charge on any atom is 0.410 e. The number of ether oxygens (including phenoxy) is 5. The van der Waals surface area contributed by atoms with Crippen molar-refractivity contribution in [3.8, 4) is 5.75 Å². The van der Waals surface area contributed by atoms with Gasteiger partial charge in [0.2, 0.25) is 11.8 Å². The molecule has 42 heavy (non-hydrogen) atoms. The van der Waals surface area contributed by atoms with Gasteiger partial charge < -0.3 is 28.6 Å². The first-order valence-electron chi connectivity index (χ1n) is 14.3. The molecule has 3 heterocycles. The van der Waals surface area contributed by atoms with Crippen molar-refractivity contribution in [2.45, 2.75) is 64.2 Å². The number of carbonyl (C=O) groups excluding carboxylic acids is 5. The van der Waals surface area contributed by atoms with Crippen LogP contribution in [-0.2, 0) is 28.5 Å². The van der Waals surface area contributed by atoms with E-state index < -0.39 is 35.3 Å². The van der Waals surface area contributed by atoms with Gasteiger partial charge in [-0.3, -0.25) is 29.4 Å². The molecule has 13 heteroatoms. The van der Waals surface area contributed by atoms with Crippen LogP contribution in [-0.4, -0.2) is 110 Å². The first-order chi connectivity index (χ1) is 20.0. The van der Waals surface area contributed by atoms with Crippen LogP contribution in [0.15, 0.2) is 18.2 Å². The van der Waals surface area contributed by atoms with Crippen LogP contribution in [0.1, 0.15) is 67.2 Å². The zero-order valence-electron chi connectivity index (χ0n) is 24.3. The third-order valence-corrected chi connectivity index (χ3v) is 6.95. The van der Waals surface area contributed by atoms with Crippen molar-refractivity contribution in [2.75, 3.05) is 52.7 Å². The minimum Gasteiger partial charge on any atom is -0.491 e. The van der Waals surface area contributed by atoms with Crippen molar-refractivity contribution < 1.29 is 47.7 Å². The molecule has 2 saturated heterocycles. The van der Waals surface area contributed by atoms with Crippen molar-refractivity contribution in [1.82, 2.24) is 15.1 Å². The highest BCUT2D eigenvalue weighted by molar-refractivity contribution is 6.23. The number of imide groups is 2. The van der Waals surface area contributed by atoms with Gasteiger partial charge in [-0.1, -0.05) is 0 Å². The van der Waals surface area contributed by atoms with Gasteiger partial charge in [-0.15, -0.1) is 0 Å². The highest BCUT2D eigenvalue weighted by Gasteiger charge is 2.44. The SMILES string of the molecule is CC(C)(C)OC(=O)N1CCC(OCCOCCOCCOc2ccc3c(c2)C(=O)N(C2CCC(=O)NC2=O)C3=O)CC1. The Morgan fingerprint density at radius 1 is 0.881 bits per heavy atom. The predicted octanol–water partition coefficient (Wildman–Crippen LogP) is 1.92. The molecule has 13 nitrogen and oxygen atoms in total. The molecule has 0 radical (unpaired) electrons. The molecule has 3 aliphatic heterocycles. The van der Waals surface area contributed by atoms with E-state index in [1.165, 1.54) is 12.1 Å². The highest BCUT2D eigenvalue weighted by Crippen LogP contribution is 2.30. The zero-order valence-corrected chi connectivity index (χ0v) is 24.3. The fourth-order valence-electron chi connectivity index (χ4n) is 4.89. The summed E-state index contributed by atoms with van der Waals surface area (Å²) in [7, 11) is 0. The molecule has 1 aromatic rings. The lowest BCUT2D eigenvalue weighted by molar-refractivity contribution is -0.136. The Labute approximate surface area is 244 Å². The summed E-state index contributed by atoms with van der Waals surface area (Å²) in [6, 6.07) is 3.55. The van der Waals surface area contributed by atoms with E-state index in [0.29, 0.717) is 51.9 Å². The quantitative estimate of drug-likeness (QED) is 0.283. The standard InChI is InChI=1S/C29H39N3O10/c1-29(2,3)42-28(37)31-10-8-19(9-11-31)40-16-14-38-12-13-39-15-17-41-20-4-5-21-22(18-20)27(36)32(26(21)35)23-6-7-24(33)30-25(23)34/h4-5,18-19,23H,6-17H2,1-3H3,(H,30,33,34). The maximum absolute atomic E-state index is 12.9. The molecule has 5 amide bonds. The van der Waals surface area contributed by atoms with Crippen molar-refractivity contribution in [1.29, 1.82) is 0 Å². The number of piperidine rings is 2. The van der Waals surface area contributed by atoms with Crippen LogP contribution < -0.4 is 10.1 Å². The lowest BCUT2D eigenvalue weighted by Gasteiger charge is -2.33. The van der Waals surface area contributed by atoms with E-state index >= 15 is 0 Å². The second-order valence-corrected chi connectivity index (χ2v) is 11.3. The lowest BCUT2D eigenvalue weighted by atomic mass is 10.0. The third kappa shape index (κ3) is 8.26. The second-order valence-electron chi connectivity index (χ2n) is 11.3. The highest BCUT2D eigenvalue weighted by atomic mass is 16.6. The molecular formula is C29H39N3O10. The van der Waals surface area contributed by atoms with Gasteiger partial charge >= 0.3 is 6.09 Å². The third-order valence-electron chi connectivity index (χ3n) is 6.95. The number of fused-ring (bicyclic) bond motifs is 1. The zero-order chi connectivity index (χ0) is 30.3. The van der Waals surface area contributed by atoms with E-state index in [-0.39, 0.29) is 42.8 Å². The summed E-state index contributed by atoms with van der Waals surface area (Å²) >= 11 is 0. The van der Waals surface area contributed by atoms with Crippen LogP contribution in [0.2, 0.25) is 0 Å². The van der Waals surface area contributed by atoms with E-state index in [1.807, 2.05) is 20.8 Å². The van der Waals surface area contributed by atoms with Gasteiger partial charge in [-0.2, -0.15) is 0 Å². The van der Waals surface area contributed by atoms with E-state index in [0.717, 1.165) is 17.7 Å². The molecule has 0 spiro atoms. The van der Waals surface area contributed by atoms with Crippen LogP contribution >= 0.6 is 0 Å². The molecule has 0 saturated carbocycles. The summed E-state index contributed by atoms with van der Waals surface area (Å²) in [5, 5.41) is 2.18. The molecule has 0 aliphatic carbocycles. The summed E-state index contributed by atoms with van der Waals surface area (Å²) in [5.41, 5.74) is -0.149. The number of nitrogens with one attached hydrogen (secondary N) is 1. The Morgan fingerprint density at radius 2 is 1.52 bits per heavy atom. The summed E-state index contributed by atoms with van der Waals surface area (Å²) in [5.74, 6) is -1.82. The van der Waals surface area contributed by atoms with Gasteiger partial charge in [-0.25, -0.2) is 4.79 Å². The predicted molar refractivity (Wildman–Crippen MR) is 147 cm³/mol. The average molecular weight is 590 g/mol. The number of nitrogens with zero attached hydrogens (tertiary/aromatic N) is 2. The molecule has 3 aliphatic rings. The van der Waals surface area contributed by atoms with Crippen LogP contribution in [0, 0.1) is 0 Å². The first kappa shape index (κ1) is 31.4. The minimum absolute atomic E-state index is 0.0646. The van der Waals surface area contributed by atoms with E-state index in [2.05, 4.69) is 5.32 Å². The summed E-state index contributed by atoms with van der Waals surface area (Å²) in [4.78, 5) is 64.0. The second kappa shape index (κ2) is 14.1. The normalized spacial score (nSPS) is 19.6. The number of rotatable bonds is 12. The Bertz CT molecular complexity index is 1170. The van der Waals surface area contributed by atoms with Crippen LogP contribution in [0.3, 0.4) is 0 Å². The lowest BCUT2D eigenvalue weighted by Crippen LogP contribution is -2.54. The van der Waals surface area contributed by atoms with Crippen molar-refractivity contribution >= 4 is 29.7 Å². The Morgan fingerprint density at radius 3 is 2.19 bits per heavy atom. The first-order valence-corrected chi connectivity index (χ1v) is 14.3. The van der Waals surface area contributed by atoms with Crippen molar-refractivity contribution in [2.24, 2.45) is 0 Å². The average Bonchev–Trinajstić information content (AvgIpc) is 3.18. The molecular weight excluding hydrogens is 550 g/mol. The van der Waals surface area contributed by atoms with Crippen molar-refractivity contribution in [3.05, 3.63) is 29.3 Å². The van der Waals surface area contributed by atoms with E-state index in [9.17, 15) is 24.0 Å². The number of hydrogen-bond acceptors (Lipinski definition) is 10. The van der Waals surface area contributed by atoms with Gasteiger partial charge in [0.15, 0.2) is 0 Å². The molecule has 230 valence electrons. The Kier molecular flexibility index (Phi) is 10.5. The van der Waals surface area contributed by atoms with Crippen molar-refractivity contribution in [3.63, 3.8) is 0 Å². The number of amides is 5. The van der Waals surface area contributed by atoms with Crippen LogP contribution in [0.4, 0.5) is 4.79 Å². The molecule has 1 aromatic carbocycles. The molecule has 2 fully saturated rings. The monoisotopic (exact) mass is 589 g/mol. The fraction of sp³-hybridized carbons (Fsp3) is 0.621. The molecule has 0 bridgehead atoms. The van der Waals surface area contributed by atoms with Crippen LogP contribution in [0.25, 0.3) is 0 Å². The number of hydrogen-bond donors (Lipinski definition) is 1. The van der Waals surface area contributed by atoms with E-state index in [4.69, 9.17) is 23.7 Å². The molecule has 1 unspecified atom stereocenters. The van der Waals surface area contributed by atoms with Gasteiger partial charge in [0.1, 0.15) is 24.0 Å². The number of likely N-dealkylation sites (tertiary alicyclic amines) is 1. The maximum atomic E-state index is 12.9. The fourth-order valence-corrected chi connectivity index (χ4v) is 4.89. The van der Waals surface area contributed by atoms with Gasteiger partial charge in [0.05, 0.1) is 50.3 Å². The summed E-state index contributed by atoms with van der Waals surface area (Å²) in [6.45, 7) is 8.95. The number of benzene rings is 1. The molecule has 0 aromatic heterocycles.